The van der Waals surface area contributed by atoms with Crippen LogP contribution in [0.3, 0.4) is 0 Å². The number of carbonyl (C=O) groups excluding carboxylic acids is 2. The summed E-state index contributed by atoms with van der Waals surface area (Å²) in [4.78, 5) is 24.7. The van der Waals surface area contributed by atoms with E-state index in [4.69, 9.17) is 14.2 Å². The van der Waals surface area contributed by atoms with Crippen LogP contribution in [0.5, 0.6) is 17.2 Å². The molecule has 7 heteroatoms. The fourth-order valence-electron chi connectivity index (χ4n) is 2.98. The lowest BCUT2D eigenvalue weighted by Gasteiger charge is -2.13. The maximum absolute atomic E-state index is 12.4. The Kier molecular flexibility index (Phi) is 8.66. The standard InChI is InChI=1S/C26H24BrNO5/c1-3-32-25-16-18(8-14-22(29)19-10-12-20(27)13-11-19)9-15-24(25)33-17-26(30)28-21-6-4-5-7-23(21)31-2/h4-16H,3,17H2,1-2H3,(H,28,30)/b14-8+. The van der Waals surface area contributed by atoms with Crippen LogP contribution in [0.1, 0.15) is 22.8 Å². The monoisotopic (exact) mass is 509 g/mol. The Hall–Kier alpha value is -3.58. The summed E-state index contributed by atoms with van der Waals surface area (Å²) in [6.45, 7) is 2.09. The maximum atomic E-state index is 12.4. The Bertz CT molecular complexity index is 1140. The van der Waals surface area contributed by atoms with Crippen molar-refractivity contribution in [1.29, 1.82) is 0 Å². The van der Waals surface area contributed by atoms with E-state index in [0.717, 1.165) is 10.0 Å². The van der Waals surface area contributed by atoms with Gasteiger partial charge in [-0.1, -0.05) is 40.2 Å². The van der Waals surface area contributed by atoms with Crippen LogP contribution in [0.25, 0.3) is 6.08 Å². The summed E-state index contributed by atoms with van der Waals surface area (Å²) in [6.07, 6.45) is 3.22. The highest BCUT2D eigenvalue weighted by Crippen LogP contribution is 2.29. The average Bonchev–Trinajstić information content (AvgIpc) is 2.83. The molecular weight excluding hydrogens is 486 g/mol. The zero-order chi connectivity index (χ0) is 23.6. The Morgan fingerprint density at radius 2 is 1.70 bits per heavy atom. The summed E-state index contributed by atoms with van der Waals surface area (Å²) in [5.41, 5.74) is 1.93. The molecule has 0 saturated carbocycles. The quantitative estimate of drug-likeness (QED) is 0.277. The number of ether oxygens (including phenoxy) is 3. The zero-order valence-electron chi connectivity index (χ0n) is 18.3. The molecule has 3 aromatic carbocycles. The maximum Gasteiger partial charge on any atom is 0.262 e. The Labute approximate surface area is 201 Å². The van der Waals surface area contributed by atoms with Crippen molar-refractivity contribution < 1.29 is 23.8 Å². The highest BCUT2D eigenvalue weighted by molar-refractivity contribution is 9.10. The van der Waals surface area contributed by atoms with Crippen LogP contribution in [-0.2, 0) is 4.79 Å². The first-order valence-corrected chi connectivity index (χ1v) is 11.1. The molecule has 0 unspecified atom stereocenters. The van der Waals surface area contributed by atoms with E-state index in [1.165, 1.54) is 13.2 Å². The predicted octanol–water partition coefficient (Wildman–Crippen LogP) is 5.77. The van der Waals surface area contributed by atoms with Crippen LogP contribution in [0.2, 0.25) is 0 Å². The molecule has 0 heterocycles. The molecule has 0 fully saturated rings. The number of carbonyl (C=O) groups is 2. The number of methoxy groups -OCH3 is 1. The first-order chi connectivity index (χ1) is 16.0. The van der Waals surface area contributed by atoms with E-state index in [2.05, 4.69) is 21.2 Å². The van der Waals surface area contributed by atoms with Crippen molar-refractivity contribution in [2.45, 2.75) is 6.92 Å². The van der Waals surface area contributed by atoms with Gasteiger partial charge < -0.3 is 19.5 Å². The number of nitrogens with one attached hydrogen (secondary N) is 1. The average molecular weight is 510 g/mol. The molecule has 0 aliphatic carbocycles. The number of rotatable bonds is 10. The molecule has 1 amide bonds. The zero-order valence-corrected chi connectivity index (χ0v) is 19.9. The summed E-state index contributed by atoms with van der Waals surface area (Å²) < 4.78 is 17.5. The predicted molar refractivity (Wildman–Crippen MR) is 132 cm³/mol. The number of benzene rings is 3. The van der Waals surface area contributed by atoms with Crippen molar-refractivity contribution in [3.63, 3.8) is 0 Å². The molecule has 33 heavy (non-hydrogen) atoms. The molecule has 0 saturated heterocycles. The molecule has 0 radical (unpaired) electrons. The molecule has 3 rings (SSSR count). The molecule has 170 valence electrons. The minimum Gasteiger partial charge on any atom is -0.495 e. The van der Waals surface area contributed by atoms with Crippen LogP contribution in [0, 0.1) is 0 Å². The number of halogens is 1. The minimum absolute atomic E-state index is 0.103. The van der Waals surface area contributed by atoms with Crippen LogP contribution in [0.4, 0.5) is 5.69 Å². The van der Waals surface area contributed by atoms with Gasteiger partial charge in [0.25, 0.3) is 5.91 Å². The van der Waals surface area contributed by atoms with Gasteiger partial charge in [0.2, 0.25) is 0 Å². The van der Waals surface area contributed by atoms with Gasteiger partial charge in [-0.25, -0.2) is 0 Å². The molecule has 0 aromatic heterocycles. The smallest absolute Gasteiger partial charge is 0.262 e. The Morgan fingerprint density at radius 1 is 0.939 bits per heavy atom. The summed E-state index contributed by atoms with van der Waals surface area (Å²) in [6, 6.07) is 19.6. The van der Waals surface area contributed by atoms with E-state index < -0.39 is 0 Å². The second kappa shape index (κ2) is 11.9. The SMILES string of the molecule is CCOc1cc(/C=C/C(=O)c2ccc(Br)cc2)ccc1OCC(=O)Nc1ccccc1OC. The molecule has 0 aliphatic heterocycles. The number of hydrogen-bond acceptors (Lipinski definition) is 5. The third kappa shape index (κ3) is 6.95. The fourth-order valence-corrected chi connectivity index (χ4v) is 3.24. The van der Waals surface area contributed by atoms with E-state index in [0.29, 0.717) is 35.1 Å². The van der Waals surface area contributed by atoms with Gasteiger partial charge in [0.05, 0.1) is 19.4 Å². The summed E-state index contributed by atoms with van der Waals surface area (Å²) >= 11 is 3.36. The lowest BCUT2D eigenvalue weighted by atomic mass is 10.1. The van der Waals surface area contributed by atoms with Crippen molar-refractivity contribution in [1.82, 2.24) is 0 Å². The molecule has 3 aromatic rings. The van der Waals surface area contributed by atoms with Gasteiger partial charge in [0, 0.05) is 10.0 Å². The van der Waals surface area contributed by atoms with Gasteiger partial charge in [-0.05, 0) is 67.1 Å². The van der Waals surface area contributed by atoms with Crippen LogP contribution in [0.15, 0.2) is 77.3 Å². The number of allylic oxidation sites excluding steroid dienone is 1. The molecule has 0 spiro atoms. The fraction of sp³-hybridized carbons (Fsp3) is 0.154. The third-order valence-electron chi connectivity index (χ3n) is 4.56. The number of anilines is 1. The Balaban J connectivity index is 1.66. The van der Waals surface area contributed by atoms with Gasteiger partial charge in [-0.3, -0.25) is 9.59 Å². The van der Waals surface area contributed by atoms with Gasteiger partial charge in [-0.2, -0.15) is 0 Å². The number of hydrogen-bond donors (Lipinski definition) is 1. The molecule has 0 aliphatic rings. The van der Waals surface area contributed by atoms with E-state index >= 15 is 0 Å². The number of amides is 1. The van der Waals surface area contributed by atoms with Crippen molar-refractivity contribution in [2.75, 3.05) is 25.6 Å². The molecule has 0 atom stereocenters. The summed E-state index contributed by atoms with van der Waals surface area (Å²) in [7, 11) is 1.54. The van der Waals surface area contributed by atoms with Gasteiger partial charge in [0.15, 0.2) is 23.9 Å². The van der Waals surface area contributed by atoms with Gasteiger partial charge >= 0.3 is 0 Å². The van der Waals surface area contributed by atoms with Gasteiger partial charge in [-0.15, -0.1) is 0 Å². The van der Waals surface area contributed by atoms with Crippen molar-refractivity contribution in [3.8, 4) is 17.2 Å². The lowest BCUT2D eigenvalue weighted by molar-refractivity contribution is -0.118. The first-order valence-electron chi connectivity index (χ1n) is 10.3. The number of para-hydroxylation sites is 2. The van der Waals surface area contributed by atoms with E-state index in [-0.39, 0.29) is 18.3 Å². The third-order valence-corrected chi connectivity index (χ3v) is 5.09. The highest BCUT2D eigenvalue weighted by atomic mass is 79.9. The number of ketones is 1. The summed E-state index contributed by atoms with van der Waals surface area (Å²) in [5, 5.41) is 2.76. The lowest BCUT2D eigenvalue weighted by Crippen LogP contribution is -2.20. The first kappa shape index (κ1) is 24.1. The normalized spacial score (nSPS) is 10.6. The van der Waals surface area contributed by atoms with Crippen molar-refractivity contribution >= 4 is 39.4 Å². The molecule has 6 nitrogen and oxygen atoms in total. The van der Waals surface area contributed by atoms with Gasteiger partial charge in [0.1, 0.15) is 5.75 Å². The van der Waals surface area contributed by atoms with Crippen molar-refractivity contribution in [2.24, 2.45) is 0 Å². The Morgan fingerprint density at radius 3 is 2.42 bits per heavy atom. The summed E-state index contributed by atoms with van der Waals surface area (Å²) in [5.74, 6) is 1.05. The van der Waals surface area contributed by atoms with E-state index in [1.54, 1.807) is 54.6 Å². The van der Waals surface area contributed by atoms with Crippen LogP contribution in [-0.4, -0.2) is 32.0 Å². The topological polar surface area (TPSA) is 73.9 Å². The molecule has 0 bridgehead atoms. The van der Waals surface area contributed by atoms with Crippen LogP contribution < -0.4 is 19.5 Å². The van der Waals surface area contributed by atoms with E-state index in [9.17, 15) is 9.59 Å². The largest absolute Gasteiger partial charge is 0.495 e. The molecule has 1 N–H and O–H groups in total. The second-order valence-corrected chi connectivity index (χ2v) is 7.80. The minimum atomic E-state index is -0.328. The van der Waals surface area contributed by atoms with E-state index in [1.807, 2.05) is 25.1 Å². The highest BCUT2D eigenvalue weighted by Gasteiger charge is 2.11. The molecular formula is C26H24BrNO5. The van der Waals surface area contributed by atoms with Crippen molar-refractivity contribution in [3.05, 3.63) is 88.4 Å². The second-order valence-electron chi connectivity index (χ2n) is 6.88. The van der Waals surface area contributed by atoms with Crippen LogP contribution >= 0.6 is 15.9 Å².